The lowest BCUT2D eigenvalue weighted by Gasteiger charge is -2.38. The van der Waals surface area contributed by atoms with E-state index >= 15 is 0 Å². The zero-order valence-electron chi connectivity index (χ0n) is 28.4. The van der Waals surface area contributed by atoms with Gasteiger partial charge in [-0.2, -0.15) is 13.2 Å². The van der Waals surface area contributed by atoms with Gasteiger partial charge in [-0.15, -0.1) is 0 Å². The average Bonchev–Trinajstić information content (AvgIpc) is 3.64. The summed E-state index contributed by atoms with van der Waals surface area (Å²) in [4.78, 5) is 27.6. The summed E-state index contributed by atoms with van der Waals surface area (Å²) in [6.45, 7) is 1.43. The third-order valence-electron chi connectivity index (χ3n) is 9.37. The van der Waals surface area contributed by atoms with Crippen LogP contribution < -0.4 is 5.32 Å². The molecule has 6 rings (SSSR count). The molecule has 2 fully saturated rings. The lowest BCUT2D eigenvalue weighted by atomic mass is 9.98. The number of hydrogen-bond acceptors (Lipinski definition) is 6. The topological polar surface area (TPSA) is 91.3 Å². The van der Waals surface area contributed by atoms with Crippen LogP contribution in [0.15, 0.2) is 103 Å². The summed E-state index contributed by atoms with van der Waals surface area (Å²) < 4.78 is 52.4. The van der Waals surface area contributed by atoms with Crippen LogP contribution in [0.2, 0.25) is 0 Å². The summed E-state index contributed by atoms with van der Waals surface area (Å²) in [5.41, 5.74) is 6.43. The molecule has 4 atom stereocenters. The highest BCUT2D eigenvalue weighted by atomic mass is 19.4. The molecule has 2 amide bonds. The molecule has 2 heterocycles. The molecule has 8 nitrogen and oxygen atoms in total. The van der Waals surface area contributed by atoms with Crippen molar-refractivity contribution in [3.8, 4) is 11.1 Å². The van der Waals surface area contributed by atoms with Gasteiger partial charge in [0.05, 0.1) is 18.8 Å². The van der Waals surface area contributed by atoms with Crippen molar-refractivity contribution in [2.75, 3.05) is 20.1 Å². The van der Waals surface area contributed by atoms with Crippen LogP contribution in [0.1, 0.15) is 59.5 Å². The molecule has 2 saturated heterocycles. The number of benzene rings is 4. The van der Waals surface area contributed by atoms with Gasteiger partial charge >= 0.3 is 12.1 Å². The van der Waals surface area contributed by atoms with E-state index in [0.29, 0.717) is 24.3 Å². The minimum Gasteiger partial charge on any atom is -0.392 e. The number of aliphatic hydroxyl groups excluding tert-OH is 1. The third-order valence-corrected chi connectivity index (χ3v) is 9.37. The standard InChI is InChI=1S/C40H42F3N3O5/c1-45(24-27-8-3-2-4-9-27)25-34-22-36(30-17-15-28(26-47)16-18-30)51-38(50-34)33-13-6-12-32(21-33)31-11-5-10-29(20-31)23-44-37(48)35-14-7-19-46(35)39(49)40(41,42)43/h2-6,8-13,15-18,20-21,34-36,38,47H,7,14,19,22-26H2,1H3,(H,44,48). The normalized spacial score (nSPS) is 20.8. The lowest BCUT2D eigenvalue weighted by Crippen LogP contribution is -2.50. The van der Waals surface area contributed by atoms with E-state index in [1.807, 2.05) is 91.0 Å². The van der Waals surface area contributed by atoms with Gasteiger partial charge in [0.25, 0.3) is 0 Å². The Morgan fingerprint density at radius 3 is 2.29 bits per heavy atom. The van der Waals surface area contributed by atoms with Crippen LogP contribution >= 0.6 is 0 Å². The Balaban J connectivity index is 1.16. The quantitative estimate of drug-likeness (QED) is 0.181. The number of carbonyl (C=O) groups excluding carboxylic acids is 2. The number of nitrogens with one attached hydrogen (secondary N) is 1. The summed E-state index contributed by atoms with van der Waals surface area (Å²) >= 11 is 0. The molecule has 0 aliphatic carbocycles. The van der Waals surface area contributed by atoms with Crippen LogP contribution in [0.4, 0.5) is 13.2 Å². The smallest absolute Gasteiger partial charge is 0.392 e. The van der Waals surface area contributed by atoms with Gasteiger partial charge in [-0.1, -0.05) is 91.0 Å². The second kappa shape index (κ2) is 16.2. The first-order valence-electron chi connectivity index (χ1n) is 17.1. The molecule has 2 aliphatic rings. The predicted molar refractivity (Wildman–Crippen MR) is 186 cm³/mol. The van der Waals surface area contributed by atoms with E-state index in [9.17, 15) is 27.9 Å². The number of ether oxygens (including phenoxy) is 2. The summed E-state index contributed by atoms with van der Waals surface area (Å²) in [5, 5.41) is 12.3. The minimum atomic E-state index is -5.02. The number of amides is 2. The van der Waals surface area contributed by atoms with Gasteiger partial charge < -0.3 is 24.8 Å². The van der Waals surface area contributed by atoms with Crippen molar-refractivity contribution in [1.29, 1.82) is 0 Å². The number of halogens is 3. The van der Waals surface area contributed by atoms with Crippen molar-refractivity contribution in [2.24, 2.45) is 0 Å². The maximum atomic E-state index is 13.1. The molecular weight excluding hydrogens is 659 g/mol. The van der Waals surface area contributed by atoms with Crippen LogP contribution in [0.25, 0.3) is 11.1 Å². The zero-order valence-corrected chi connectivity index (χ0v) is 28.4. The minimum absolute atomic E-state index is 0.0348. The van der Waals surface area contributed by atoms with Crippen LogP contribution in [0.3, 0.4) is 0 Å². The molecule has 2 N–H and O–H groups in total. The second-order valence-corrected chi connectivity index (χ2v) is 13.2. The fraction of sp³-hybridized carbons (Fsp3) is 0.350. The molecule has 268 valence electrons. The van der Waals surface area contributed by atoms with Gasteiger partial charge in [0, 0.05) is 38.2 Å². The number of alkyl halides is 3. The summed E-state index contributed by atoms with van der Waals surface area (Å²) in [7, 11) is 2.08. The van der Waals surface area contributed by atoms with Crippen molar-refractivity contribution in [2.45, 2.75) is 69.7 Å². The van der Waals surface area contributed by atoms with Crippen LogP contribution in [0.5, 0.6) is 0 Å². The molecule has 2 aliphatic heterocycles. The molecule has 0 radical (unpaired) electrons. The molecule has 0 bridgehead atoms. The van der Waals surface area contributed by atoms with Crippen LogP contribution in [-0.4, -0.2) is 65.2 Å². The number of nitrogens with zero attached hydrogens (tertiary/aromatic N) is 2. The summed E-state index contributed by atoms with van der Waals surface area (Å²) in [5.74, 6) is -2.59. The largest absolute Gasteiger partial charge is 0.471 e. The fourth-order valence-corrected chi connectivity index (χ4v) is 6.82. The third kappa shape index (κ3) is 9.22. The Morgan fingerprint density at radius 2 is 1.57 bits per heavy atom. The van der Waals surface area contributed by atoms with Gasteiger partial charge in [-0.25, -0.2) is 0 Å². The van der Waals surface area contributed by atoms with E-state index in [2.05, 4.69) is 29.4 Å². The Morgan fingerprint density at radius 1 is 0.863 bits per heavy atom. The van der Waals surface area contributed by atoms with Gasteiger partial charge in [0.2, 0.25) is 5.91 Å². The van der Waals surface area contributed by atoms with E-state index in [1.165, 1.54) is 5.56 Å². The molecule has 0 saturated carbocycles. The lowest BCUT2D eigenvalue weighted by molar-refractivity contribution is -0.252. The van der Waals surface area contributed by atoms with Crippen molar-refractivity contribution in [1.82, 2.24) is 15.1 Å². The van der Waals surface area contributed by atoms with Crippen LogP contribution in [-0.2, 0) is 38.8 Å². The first kappa shape index (κ1) is 36.2. The maximum absolute atomic E-state index is 13.1. The molecule has 51 heavy (non-hydrogen) atoms. The zero-order chi connectivity index (χ0) is 36.0. The molecule has 4 aromatic carbocycles. The van der Waals surface area contributed by atoms with Gasteiger partial charge in [-0.3, -0.25) is 14.5 Å². The monoisotopic (exact) mass is 701 g/mol. The average molecular weight is 702 g/mol. The van der Waals surface area contributed by atoms with Crippen molar-refractivity contribution in [3.63, 3.8) is 0 Å². The van der Waals surface area contributed by atoms with E-state index in [4.69, 9.17) is 9.47 Å². The molecule has 11 heteroatoms. The summed E-state index contributed by atoms with van der Waals surface area (Å²) in [6.07, 6.45) is -4.85. The maximum Gasteiger partial charge on any atom is 0.471 e. The predicted octanol–water partition coefficient (Wildman–Crippen LogP) is 6.69. The first-order valence-corrected chi connectivity index (χ1v) is 17.1. The number of carbonyl (C=O) groups is 2. The van der Waals surface area contributed by atoms with Gasteiger partial charge in [0.15, 0.2) is 6.29 Å². The van der Waals surface area contributed by atoms with Gasteiger partial charge in [-0.05, 0) is 65.4 Å². The molecule has 0 spiro atoms. The Labute approximate surface area is 295 Å². The number of likely N-dealkylation sites (N-methyl/N-ethyl adjacent to an activating group) is 1. The second-order valence-electron chi connectivity index (χ2n) is 13.2. The van der Waals surface area contributed by atoms with Crippen LogP contribution in [0, 0.1) is 0 Å². The molecule has 4 aromatic rings. The highest BCUT2D eigenvalue weighted by Gasteiger charge is 2.47. The summed E-state index contributed by atoms with van der Waals surface area (Å²) in [6, 6.07) is 32.4. The van der Waals surface area contributed by atoms with E-state index in [0.717, 1.165) is 39.9 Å². The van der Waals surface area contributed by atoms with Crippen molar-refractivity contribution >= 4 is 11.8 Å². The Hall–Kier alpha value is -4.55. The molecular formula is C40H42F3N3O5. The van der Waals surface area contributed by atoms with E-state index in [-0.39, 0.29) is 38.3 Å². The first-order chi connectivity index (χ1) is 24.6. The van der Waals surface area contributed by atoms with E-state index in [1.54, 1.807) is 0 Å². The van der Waals surface area contributed by atoms with Crippen molar-refractivity contribution in [3.05, 3.63) is 131 Å². The van der Waals surface area contributed by atoms with E-state index < -0.39 is 30.3 Å². The number of hydrogen-bond donors (Lipinski definition) is 2. The molecule has 4 unspecified atom stereocenters. The SMILES string of the molecule is CN(Cc1ccccc1)CC1CC(c2ccc(CO)cc2)OC(c2cccc(-c3cccc(CNC(=O)C4CCCN4C(=O)C(F)(F)F)c3)c2)O1. The number of rotatable bonds is 11. The Kier molecular flexibility index (Phi) is 11.5. The number of likely N-dealkylation sites (tertiary alicyclic amines) is 1. The highest BCUT2D eigenvalue weighted by Crippen LogP contribution is 2.39. The van der Waals surface area contributed by atoms with Gasteiger partial charge in [0.1, 0.15) is 6.04 Å². The fourth-order valence-electron chi connectivity index (χ4n) is 6.82. The highest BCUT2D eigenvalue weighted by molar-refractivity contribution is 5.90. The Bertz CT molecular complexity index is 1790. The molecule has 0 aromatic heterocycles. The number of aliphatic hydroxyl groups is 1. The van der Waals surface area contributed by atoms with Crippen molar-refractivity contribution < 1.29 is 37.3 Å².